The van der Waals surface area contributed by atoms with Crippen molar-refractivity contribution in [1.82, 2.24) is 0 Å². The number of rotatable bonds is 8. The van der Waals surface area contributed by atoms with Crippen LogP contribution in [0.5, 0.6) is 0 Å². The van der Waals surface area contributed by atoms with Gasteiger partial charge in [-0.2, -0.15) is 0 Å². The van der Waals surface area contributed by atoms with Gasteiger partial charge in [0, 0.05) is 16.4 Å². The Morgan fingerprint density at radius 2 is 1.33 bits per heavy atom. The van der Waals surface area contributed by atoms with Crippen molar-refractivity contribution < 1.29 is 15.3 Å². The molecule has 0 aromatic heterocycles. The highest BCUT2D eigenvalue weighted by atomic mass is 16.3. The molecular weight excluding hydrogens is 528 g/mol. The second-order valence-corrected chi connectivity index (χ2v) is 13.6. The quantitative estimate of drug-likeness (QED) is 0.152. The van der Waals surface area contributed by atoms with Gasteiger partial charge in [0.05, 0.1) is 12.2 Å². The smallest absolute Gasteiger partial charge is 0.109 e. The number of aliphatic hydroxyl groups excluding tert-OH is 2. The van der Waals surface area contributed by atoms with E-state index in [2.05, 4.69) is 70.8 Å². The third-order valence-corrected chi connectivity index (χ3v) is 8.41. The average molecular weight is 583 g/mol. The molecule has 0 radical (unpaired) electrons. The molecule has 3 nitrogen and oxygen atoms in total. The van der Waals surface area contributed by atoms with Gasteiger partial charge >= 0.3 is 0 Å². The standard InChI is InChI=1S/C40H54O3/c1-29(17-13-19-31(3)21-22-37-33(5)25-35(41)27-38(37,7)8)15-11-12-16-30(2)18-14-20-32(4)23-24-40(43)34(6)26-36(42)28-39(40,9)10/h11-20,23-24,26,35-36,41-43H,25,27-28H2,1-10H3/b12-11+,17-13+,18-14+,24-23+,29-15+,30-16+,31-19+,32-20+/t35-,36+,40+/m1/s1. The molecule has 0 unspecified atom stereocenters. The minimum absolute atomic E-state index is 0.0912. The van der Waals surface area contributed by atoms with Gasteiger partial charge in [0.2, 0.25) is 0 Å². The van der Waals surface area contributed by atoms with Crippen LogP contribution in [0.25, 0.3) is 0 Å². The highest BCUT2D eigenvalue weighted by Gasteiger charge is 2.46. The highest BCUT2D eigenvalue weighted by molar-refractivity contribution is 5.45. The van der Waals surface area contributed by atoms with Crippen LogP contribution in [0.15, 0.2) is 118 Å². The molecule has 43 heavy (non-hydrogen) atoms. The maximum absolute atomic E-state index is 11.3. The highest BCUT2D eigenvalue weighted by Crippen LogP contribution is 2.45. The Hall–Kier alpha value is -3.16. The summed E-state index contributed by atoms with van der Waals surface area (Å²) in [5, 5.41) is 31.5. The molecule has 3 heteroatoms. The molecule has 0 fully saturated rings. The van der Waals surface area contributed by atoms with E-state index < -0.39 is 17.1 Å². The van der Waals surface area contributed by atoms with Crippen molar-refractivity contribution in [2.24, 2.45) is 10.8 Å². The van der Waals surface area contributed by atoms with E-state index >= 15 is 0 Å². The van der Waals surface area contributed by atoms with Crippen LogP contribution in [0.2, 0.25) is 0 Å². The van der Waals surface area contributed by atoms with Crippen LogP contribution in [0.3, 0.4) is 0 Å². The van der Waals surface area contributed by atoms with Gasteiger partial charge in [-0.15, -0.1) is 0 Å². The summed E-state index contributed by atoms with van der Waals surface area (Å²) in [5.41, 5.74) is 5.83. The number of aliphatic hydroxyl groups is 3. The zero-order valence-electron chi connectivity index (χ0n) is 28.1. The Labute approximate surface area is 261 Å². The van der Waals surface area contributed by atoms with Crippen molar-refractivity contribution in [3.63, 3.8) is 0 Å². The maximum atomic E-state index is 11.3. The van der Waals surface area contributed by atoms with E-state index in [9.17, 15) is 15.3 Å². The summed E-state index contributed by atoms with van der Waals surface area (Å²) < 4.78 is 0. The molecule has 0 saturated heterocycles. The van der Waals surface area contributed by atoms with Crippen molar-refractivity contribution in [3.05, 3.63) is 118 Å². The molecule has 0 heterocycles. The minimum Gasteiger partial charge on any atom is -0.393 e. The van der Waals surface area contributed by atoms with Crippen molar-refractivity contribution in [3.8, 4) is 11.8 Å². The molecule has 0 saturated carbocycles. The minimum atomic E-state index is -1.08. The average Bonchev–Trinajstić information content (AvgIpc) is 2.87. The van der Waals surface area contributed by atoms with Crippen LogP contribution >= 0.6 is 0 Å². The fourth-order valence-electron chi connectivity index (χ4n) is 5.85. The van der Waals surface area contributed by atoms with Crippen LogP contribution in [-0.2, 0) is 0 Å². The van der Waals surface area contributed by atoms with Gasteiger partial charge in [-0.05, 0) is 78.0 Å². The molecule has 232 valence electrons. The van der Waals surface area contributed by atoms with E-state index in [-0.39, 0.29) is 11.5 Å². The molecule has 2 rings (SSSR count). The van der Waals surface area contributed by atoms with Crippen LogP contribution in [0, 0.1) is 22.7 Å². The lowest BCUT2D eigenvalue weighted by Gasteiger charge is -2.46. The largest absolute Gasteiger partial charge is 0.393 e. The molecule has 2 aliphatic carbocycles. The van der Waals surface area contributed by atoms with Gasteiger partial charge in [-0.3, -0.25) is 0 Å². The van der Waals surface area contributed by atoms with Crippen LogP contribution in [-0.4, -0.2) is 33.1 Å². The van der Waals surface area contributed by atoms with E-state index in [0.717, 1.165) is 39.9 Å². The summed E-state index contributed by atoms with van der Waals surface area (Å²) in [6.07, 6.45) is 27.2. The first kappa shape index (κ1) is 36.0. The molecule has 0 spiro atoms. The second kappa shape index (κ2) is 15.5. The Morgan fingerprint density at radius 3 is 1.88 bits per heavy atom. The predicted molar refractivity (Wildman–Crippen MR) is 184 cm³/mol. The maximum Gasteiger partial charge on any atom is 0.109 e. The Kier molecular flexibility index (Phi) is 13.0. The fourth-order valence-corrected chi connectivity index (χ4v) is 5.85. The first-order valence-corrected chi connectivity index (χ1v) is 15.4. The molecule has 3 atom stereocenters. The fraction of sp³-hybridized carbons (Fsp3) is 0.450. The first-order chi connectivity index (χ1) is 20.0. The topological polar surface area (TPSA) is 60.7 Å². The zero-order valence-corrected chi connectivity index (χ0v) is 28.1. The van der Waals surface area contributed by atoms with Crippen molar-refractivity contribution in [1.29, 1.82) is 0 Å². The molecule has 0 aliphatic heterocycles. The number of hydrogen-bond donors (Lipinski definition) is 3. The third kappa shape index (κ3) is 10.8. The first-order valence-electron chi connectivity index (χ1n) is 15.4. The monoisotopic (exact) mass is 582 g/mol. The van der Waals surface area contributed by atoms with Gasteiger partial charge in [-0.1, -0.05) is 135 Å². The van der Waals surface area contributed by atoms with Crippen LogP contribution < -0.4 is 0 Å². The van der Waals surface area contributed by atoms with Gasteiger partial charge < -0.3 is 15.3 Å². The second-order valence-electron chi connectivity index (χ2n) is 13.6. The van der Waals surface area contributed by atoms with E-state index in [1.54, 1.807) is 6.08 Å². The van der Waals surface area contributed by atoms with Gasteiger partial charge in [-0.25, -0.2) is 0 Å². The summed E-state index contributed by atoms with van der Waals surface area (Å²) in [4.78, 5) is 0. The number of hydrogen-bond acceptors (Lipinski definition) is 3. The summed E-state index contributed by atoms with van der Waals surface area (Å²) in [6.45, 7) is 20.4. The molecule has 0 amide bonds. The Bertz CT molecular complexity index is 1380. The number of allylic oxidation sites excluding steroid dienone is 16. The summed E-state index contributed by atoms with van der Waals surface area (Å²) >= 11 is 0. The van der Waals surface area contributed by atoms with E-state index in [0.29, 0.717) is 12.8 Å². The molecule has 2 aliphatic rings. The molecule has 0 aromatic rings. The van der Waals surface area contributed by atoms with Crippen molar-refractivity contribution in [2.45, 2.75) is 106 Å². The van der Waals surface area contributed by atoms with Gasteiger partial charge in [0.15, 0.2) is 0 Å². The molecule has 3 N–H and O–H groups in total. The SMILES string of the molecule is CC1=C[C@H](O)CC(C)(C)[C@]1(O)/C=C/C(C)=C/C=C/C(C)=C/C=C/C=C(C)/C=C/C=C(\C)C#CC1=C(C)C[C@@H](O)CC1(C)C. The summed E-state index contributed by atoms with van der Waals surface area (Å²) in [7, 11) is 0. The predicted octanol–water partition coefficient (Wildman–Crippen LogP) is 8.97. The van der Waals surface area contributed by atoms with E-state index in [1.807, 2.05) is 83.2 Å². The van der Waals surface area contributed by atoms with E-state index in [1.165, 1.54) is 5.57 Å². The molecule has 0 bridgehead atoms. The lowest BCUT2D eigenvalue weighted by molar-refractivity contribution is -0.0292. The Balaban J connectivity index is 1.94. The zero-order chi connectivity index (χ0) is 32.4. The normalized spacial score (nSPS) is 27.4. The molecular formula is C40H54O3. The van der Waals surface area contributed by atoms with Crippen molar-refractivity contribution >= 4 is 0 Å². The van der Waals surface area contributed by atoms with Gasteiger partial charge in [0.1, 0.15) is 5.60 Å². The lowest BCUT2D eigenvalue weighted by atomic mass is 9.64. The summed E-state index contributed by atoms with van der Waals surface area (Å²) in [6, 6.07) is 0. The van der Waals surface area contributed by atoms with Crippen molar-refractivity contribution in [2.75, 3.05) is 0 Å². The Morgan fingerprint density at radius 1 is 0.791 bits per heavy atom. The van der Waals surface area contributed by atoms with E-state index in [4.69, 9.17) is 0 Å². The molecule has 0 aromatic carbocycles. The third-order valence-electron chi connectivity index (χ3n) is 8.41. The van der Waals surface area contributed by atoms with Gasteiger partial charge in [0.25, 0.3) is 0 Å². The van der Waals surface area contributed by atoms with Crippen LogP contribution in [0.1, 0.15) is 88.5 Å². The van der Waals surface area contributed by atoms with Crippen LogP contribution in [0.4, 0.5) is 0 Å². The summed E-state index contributed by atoms with van der Waals surface area (Å²) in [5.74, 6) is 6.66. The lowest BCUT2D eigenvalue weighted by Crippen LogP contribution is -2.48.